The van der Waals surface area contributed by atoms with Crippen LogP contribution in [0.3, 0.4) is 0 Å². The number of hydrogen-bond acceptors (Lipinski definition) is 0. The van der Waals surface area contributed by atoms with E-state index in [-0.39, 0.29) is 10.8 Å². The topological polar surface area (TPSA) is 0 Å². The van der Waals surface area contributed by atoms with Crippen molar-refractivity contribution in [2.45, 2.75) is 75.7 Å². The molecule has 0 nitrogen and oxygen atoms in total. The van der Waals surface area contributed by atoms with Crippen molar-refractivity contribution in [3.63, 3.8) is 0 Å². The van der Waals surface area contributed by atoms with E-state index in [1.54, 1.807) is 11.1 Å². The van der Waals surface area contributed by atoms with Crippen LogP contribution in [-0.4, -0.2) is 0 Å². The molecule has 0 aromatic heterocycles. The van der Waals surface area contributed by atoms with Gasteiger partial charge in [-0.05, 0) is 84.2 Å². The molecule has 0 saturated carbocycles. The Morgan fingerprint density at radius 3 is 1.64 bits per heavy atom. The van der Waals surface area contributed by atoms with Crippen molar-refractivity contribution >= 4 is 6.08 Å². The number of hydrogen-bond donors (Lipinski definition) is 0. The minimum atomic E-state index is 0.290. The number of rotatable bonds is 1. The lowest BCUT2D eigenvalue weighted by atomic mass is 9.63. The van der Waals surface area contributed by atoms with Crippen molar-refractivity contribution in [3.05, 3.63) is 39.0 Å². The second-order valence-electron chi connectivity index (χ2n) is 9.45. The van der Waals surface area contributed by atoms with E-state index in [9.17, 15) is 0 Å². The lowest BCUT2D eigenvalue weighted by molar-refractivity contribution is 0.136. The molecule has 0 saturated heterocycles. The Kier molecular flexibility index (Phi) is 4.13. The third kappa shape index (κ3) is 2.77. The maximum Gasteiger partial charge on any atom is -0.00518 e. The monoisotopic (exact) mass is 298 g/mol. The molecule has 122 valence electrons. The van der Waals surface area contributed by atoms with Crippen LogP contribution in [0.2, 0.25) is 0 Å². The van der Waals surface area contributed by atoms with Crippen molar-refractivity contribution < 1.29 is 0 Å². The first-order chi connectivity index (χ1) is 9.85. The van der Waals surface area contributed by atoms with Gasteiger partial charge >= 0.3 is 0 Å². The second kappa shape index (κ2) is 5.25. The van der Waals surface area contributed by atoms with Crippen LogP contribution in [0.5, 0.6) is 0 Å². The Morgan fingerprint density at radius 1 is 0.727 bits per heavy atom. The third-order valence-corrected chi connectivity index (χ3v) is 5.68. The lowest BCUT2D eigenvalue weighted by Gasteiger charge is -2.42. The molecule has 0 bridgehead atoms. The van der Waals surface area contributed by atoms with Crippen molar-refractivity contribution in [2.75, 3.05) is 0 Å². The molecule has 2 rings (SSSR count). The first-order valence-electron chi connectivity index (χ1n) is 8.65. The molecule has 0 atom stereocenters. The molecular weight excluding hydrogens is 264 g/mol. The van der Waals surface area contributed by atoms with Crippen LogP contribution in [0.15, 0.2) is 5.57 Å². The number of allylic oxidation sites excluding steroid dienone is 1. The van der Waals surface area contributed by atoms with Crippen LogP contribution in [0.25, 0.3) is 6.08 Å². The zero-order valence-corrected chi connectivity index (χ0v) is 16.4. The summed E-state index contributed by atoms with van der Waals surface area (Å²) in [5.74, 6) is 0.604. The Bertz CT molecular complexity index is 614. The Labute approximate surface area is 138 Å². The van der Waals surface area contributed by atoms with E-state index < -0.39 is 0 Å². The molecule has 0 aliphatic heterocycles. The van der Waals surface area contributed by atoms with Crippen molar-refractivity contribution in [1.29, 1.82) is 0 Å². The first-order valence-corrected chi connectivity index (χ1v) is 8.65. The third-order valence-electron chi connectivity index (χ3n) is 5.68. The second-order valence-corrected chi connectivity index (χ2v) is 9.45. The SMILES string of the molecule is Cc1c(C)c(C)c2c(c1C)C=C(C(C(C)(C)C)C(C)(C)C)C2. The molecule has 1 aliphatic carbocycles. The summed E-state index contributed by atoms with van der Waals surface area (Å²) in [6.45, 7) is 23.5. The van der Waals surface area contributed by atoms with E-state index in [0.717, 1.165) is 6.42 Å². The molecule has 1 aliphatic rings. The summed E-state index contributed by atoms with van der Waals surface area (Å²) in [7, 11) is 0. The average molecular weight is 299 g/mol. The normalized spacial score (nSPS) is 15.3. The van der Waals surface area contributed by atoms with Gasteiger partial charge < -0.3 is 0 Å². The molecule has 22 heavy (non-hydrogen) atoms. The fraction of sp³-hybridized carbons (Fsp3) is 0.636. The molecule has 1 aromatic rings. The van der Waals surface area contributed by atoms with Gasteiger partial charge in [-0.2, -0.15) is 0 Å². The van der Waals surface area contributed by atoms with E-state index in [1.165, 1.54) is 27.8 Å². The van der Waals surface area contributed by atoms with E-state index >= 15 is 0 Å². The molecule has 0 fully saturated rings. The first kappa shape index (κ1) is 17.3. The van der Waals surface area contributed by atoms with Crippen LogP contribution in [-0.2, 0) is 6.42 Å². The molecule has 1 aromatic carbocycles. The Balaban J connectivity index is 2.59. The van der Waals surface area contributed by atoms with Crippen LogP contribution < -0.4 is 0 Å². The summed E-state index contributed by atoms with van der Waals surface area (Å²) in [4.78, 5) is 0. The summed E-state index contributed by atoms with van der Waals surface area (Å²) >= 11 is 0. The summed E-state index contributed by atoms with van der Waals surface area (Å²) < 4.78 is 0. The highest BCUT2D eigenvalue weighted by Gasteiger charge is 2.39. The van der Waals surface area contributed by atoms with Gasteiger partial charge in [0.15, 0.2) is 0 Å². The molecular formula is C22H34. The standard InChI is InChI=1S/C22H34/c1-13-14(2)16(4)19-12-17(11-18(19)15(13)3)20(21(5,6)7)22(8,9)10/h11,20H,12H2,1-10H3. The molecule has 0 heterocycles. The Morgan fingerprint density at radius 2 is 1.18 bits per heavy atom. The van der Waals surface area contributed by atoms with Gasteiger partial charge in [0.05, 0.1) is 0 Å². The molecule has 0 radical (unpaired) electrons. The van der Waals surface area contributed by atoms with Gasteiger partial charge in [0.2, 0.25) is 0 Å². The largest absolute Gasteiger partial charge is 0.0610 e. The minimum Gasteiger partial charge on any atom is -0.0610 e. The average Bonchev–Trinajstić information content (AvgIpc) is 2.74. The van der Waals surface area contributed by atoms with Gasteiger partial charge in [-0.3, -0.25) is 0 Å². The molecule has 0 N–H and O–H groups in total. The zero-order chi connectivity index (χ0) is 17.0. The molecule has 0 spiro atoms. The van der Waals surface area contributed by atoms with E-state index in [0.29, 0.717) is 5.92 Å². The van der Waals surface area contributed by atoms with Crippen molar-refractivity contribution in [2.24, 2.45) is 16.7 Å². The van der Waals surface area contributed by atoms with Crippen LogP contribution in [0, 0.1) is 44.4 Å². The van der Waals surface area contributed by atoms with Crippen molar-refractivity contribution in [1.82, 2.24) is 0 Å². The van der Waals surface area contributed by atoms with E-state index in [1.807, 2.05) is 0 Å². The van der Waals surface area contributed by atoms with Gasteiger partial charge in [-0.15, -0.1) is 0 Å². The van der Waals surface area contributed by atoms with Crippen LogP contribution in [0.1, 0.15) is 74.9 Å². The summed E-state index contributed by atoms with van der Waals surface area (Å²) in [6, 6.07) is 0. The fourth-order valence-corrected chi connectivity index (χ4v) is 4.88. The quantitative estimate of drug-likeness (QED) is 0.550. The maximum absolute atomic E-state index is 2.52. The zero-order valence-electron chi connectivity index (χ0n) is 16.4. The lowest BCUT2D eigenvalue weighted by Crippen LogP contribution is -2.34. The summed E-state index contributed by atoms with van der Waals surface area (Å²) in [6.07, 6.45) is 3.66. The maximum atomic E-state index is 2.52. The molecule has 0 amide bonds. The number of fused-ring (bicyclic) bond motifs is 1. The predicted molar refractivity (Wildman–Crippen MR) is 99.5 cm³/mol. The highest BCUT2D eigenvalue weighted by Crippen LogP contribution is 2.49. The van der Waals surface area contributed by atoms with Gasteiger partial charge in [0.25, 0.3) is 0 Å². The van der Waals surface area contributed by atoms with Crippen molar-refractivity contribution in [3.8, 4) is 0 Å². The molecule has 0 unspecified atom stereocenters. The smallest absolute Gasteiger partial charge is 0.00518 e. The van der Waals surface area contributed by atoms with Gasteiger partial charge in [0, 0.05) is 0 Å². The fourth-order valence-electron chi connectivity index (χ4n) is 4.88. The summed E-state index contributed by atoms with van der Waals surface area (Å²) in [5.41, 5.74) is 11.2. The summed E-state index contributed by atoms with van der Waals surface area (Å²) in [5, 5.41) is 0. The Hall–Kier alpha value is -1.04. The predicted octanol–water partition coefficient (Wildman–Crippen LogP) is 6.57. The van der Waals surface area contributed by atoms with Crippen LogP contribution in [0.4, 0.5) is 0 Å². The highest BCUT2D eigenvalue weighted by molar-refractivity contribution is 5.71. The van der Waals surface area contributed by atoms with E-state index in [2.05, 4.69) is 75.3 Å². The van der Waals surface area contributed by atoms with Gasteiger partial charge in [-0.1, -0.05) is 53.2 Å². The van der Waals surface area contributed by atoms with Crippen LogP contribution >= 0.6 is 0 Å². The highest BCUT2D eigenvalue weighted by atomic mass is 14.4. The van der Waals surface area contributed by atoms with Gasteiger partial charge in [0.1, 0.15) is 0 Å². The van der Waals surface area contributed by atoms with Gasteiger partial charge in [-0.25, -0.2) is 0 Å². The number of benzene rings is 1. The molecule has 0 heteroatoms. The minimum absolute atomic E-state index is 0.290. The van der Waals surface area contributed by atoms with E-state index in [4.69, 9.17) is 0 Å².